The molecule has 35 heavy (non-hydrogen) atoms. The number of alkyl halides is 3. The summed E-state index contributed by atoms with van der Waals surface area (Å²) in [6, 6.07) is 9.98. The van der Waals surface area contributed by atoms with Gasteiger partial charge in [0, 0.05) is 11.4 Å². The van der Waals surface area contributed by atoms with E-state index in [1.807, 2.05) is 6.07 Å². The van der Waals surface area contributed by atoms with Gasteiger partial charge in [0.25, 0.3) is 5.91 Å². The van der Waals surface area contributed by atoms with Gasteiger partial charge in [0.05, 0.1) is 27.8 Å². The number of nitriles is 1. The number of amides is 1. The van der Waals surface area contributed by atoms with Crippen molar-refractivity contribution in [2.75, 3.05) is 15.6 Å². The van der Waals surface area contributed by atoms with E-state index in [1.54, 1.807) is 36.9 Å². The van der Waals surface area contributed by atoms with E-state index in [9.17, 15) is 23.1 Å². The number of halogens is 3. The molecular formula is C24H20F3N3O3S2. The highest BCUT2D eigenvalue weighted by atomic mass is 32.2. The number of rotatable bonds is 3. The second-order valence-corrected chi connectivity index (χ2v) is 10.7. The molecule has 11 heteroatoms. The van der Waals surface area contributed by atoms with E-state index < -0.39 is 34.4 Å². The average Bonchev–Trinajstić information content (AvgIpc) is 3.52. The van der Waals surface area contributed by atoms with Crippen molar-refractivity contribution in [1.29, 1.82) is 5.26 Å². The van der Waals surface area contributed by atoms with Gasteiger partial charge in [-0.25, -0.2) is 0 Å². The molecule has 1 aliphatic carbocycles. The second kappa shape index (κ2) is 7.85. The van der Waals surface area contributed by atoms with Gasteiger partial charge in [0.1, 0.15) is 23.0 Å². The van der Waals surface area contributed by atoms with Crippen LogP contribution in [0.4, 0.5) is 24.5 Å². The molecule has 2 aliphatic heterocycles. The molecule has 2 heterocycles. The third-order valence-electron chi connectivity index (χ3n) is 6.56. The fourth-order valence-electron chi connectivity index (χ4n) is 4.37. The minimum Gasteiger partial charge on any atom is -0.485 e. The van der Waals surface area contributed by atoms with Crippen molar-refractivity contribution in [2.45, 2.75) is 55.0 Å². The number of nitrogens with zero attached hydrogens (tertiary/aromatic N) is 3. The van der Waals surface area contributed by atoms with Crippen LogP contribution in [0.2, 0.25) is 0 Å². The van der Waals surface area contributed by atoms with E-state index in [-0.39, 0.29) is 16.9 Å². The van der Waals surface area contributed by atoms with Crippen molar-refractivity contribution in [3.05, 3.63) is 47.5 Å². The predicted molar refractivity (Wildman–Crippen MR) is 129 cm³/mol. The standard InChI is InChI=1S/C24H20F3N3O3S2/c1-22(2)20(31)29(14-4-3-13(11-28)16(9-14)24(25,26)27)21(34)30(22)15-5-6-17-18(10-15)35-12-19(33-17)23(32)7-8-23/h3-6,9-10,19,32H,7-8,12H2,1-2H3. The average molecular weight is 520 g/mol. The Bertz CT molecular complexity index is 1300. The Hall–Kier alpha value is -2.81. The van der Waals surface area contributed by atoms with Gasteiger partial charge in [-0.15, -0.1) is 11.8 Å². The van der Waals surface area contributed by atoms with Crippen LogP contribution in [0.15, 0.2) is 41.3 Å². The lowest BCUT2D eigenvalue weighted by atomic mass is 10.0. The Morgan fingerprint density at radius 3 is 2.51 bits per heavy atom. The van der Waals surface area contributed by atoms with Gasteiger partial charge in [0.2, 0.25) is 0 Å². The summed E-state index contributed by atoms with van der Waals surface area (Å²) < 4.78 is 46.6. The lowest BCUT2D eigenvalue weighted by Crippen LogP contribution is -2.44. The van der Waals surface area contributed by atoms with Crippen molar-refractivity contribution in [2.24, 2.45) is 0 Å². The molecule has 2 aromatic rings. The summed E-state index contributed by atoms with van der Waals surface area (Å²) in [6.45, 7) is 3.30. The van der Waals surface area contributed by atoms with Gasteiger partial charge >= 0.3 is 6.18 Å². The summed E-state index contributed by atoms with van der Waals surface area (Å²) in [7, 11) is 0. The van der Waals surface area contributed by atoms with Gasteiger partial charge < -0.3 is 14.7 Å². The third-order valence-corrected chi connectivity index (χ3v) is 8.03. The van der Waals surface area contributed by atoms with Crippen molar-refractivity contribution >= 4 is 46.4 Å². The van der Waals surface area contributed by atoms with Crippen molar-refractivity contribution in [3.63, 3.8) is 0 Å². The fourth-order valence-corrected chi connectivity index (χ4v) is 6.07. The summed E-state index contributed by atoms with van der Waals surface area (Å²) in [4.78, 5) is 16.9. The summed E-state index contributed by atoms with van der Waals surface area (Å²) in [5.74, 6) is 0.721. The highest BCUT2D eigenvalue weighted by molar-refractivity contribution is 7.99. The van der Waals surface area contributed by atoms with E-state index in [4.69, 9.17) is 22.2 Å². The zero-order valence-electron chi connectivity index (χ0n) is 18.7. The molecule has 0 radical (unpaired) electrons. The normalized spacial score (nSPS) is 22.5. The van der Waals surface area contributed by atoms with Crippen LogP contribution in [-0.4, -0.2) is 39.1 Å². The van der Waals surface area contributed by atoms with Crippen molar-refractivity contribution in [3.8, 4) is 11.8 Å². The van der Waals surface area contributed by atoms with Crippen LogP contribution < -0.4 is 14.5 Å². The molecule has 1 saturated heterocycles. The Labute approximate surface area is 209 Å². The summed E-state index contributed by atoms with van der Waals surface area (Å²) in [5.41, 5.74) is -3.07. The molecule has 182 valence electrons. The zero-order valence-corrected chi connectivity index (χ0v) is 20.4. The number of anilines is 2. The van der Waals surface area contributed by atoms with Crippen LogP contribution in [0.5, 0.6) is 5.75 Å². The molecule has 5 rings (SSSR count). The van der Waals surface area contributed by atoms with E-state index in [2.05, 4.69) is 0 Å². The van der Waals surface area contributed by atoms with Crippen molar-refractivity contribution in [1.82, 2.24) is 0 Å². The van der Waals surface area contributed by atoms with Gasteiger partial charge in [-0.2, -0.15) is 18.4 Å². The number of thioether (sulfide) groups is 1. The Balaban J connectivity index is 1.49. The molecule has 0 aromatic heterocycles. The molecule has 1 amide bonds. The molecular weight excluding hydrogens is 499 g/mol. The van der Waals surface area contributed by atoms with Gasteiger partial charge in [-0.05, 0) is 75.3 Å². The fraction of sp³-hybridized carbons (Fsp3) is 0.375. The third kappa shape index (κ3) is 3.84. The molecule has 1 atom stereocenters. The number of aliphatic hydroxyl groups is 1. The lowest BCUT2D eigenvalue weighted by molar-refractivity contribution is -0.137. The molecule has 2 fully saturated rings. The van der Waals surface area contributed by atoms with Gasteiger partial charge in [0.15, 0.2) is 5.11 Å². The summed E-state index contributed by atoms with van der Waals surface area (Å²) in [5, 5.41) is 19.5. The number of hydrogen-bond acceptors (Lipinski definition) is 6. The molecule has 1 saturated carbocycles. The number of carbonyl (C=O) groups is 1. The Morgan fingerprint density at radius 2 is 1.89 bits per heavy atom. The molecule has 2 aromatic carbocycles. The van der Waals surface area contributed by atoms with E-state index >= 15 is 0 Å². The molecule has 6 nitrogen and oxygen atoms in total. The SMILES string of the molecule is CC1(C)C(=O)N(c2ccc(C#N)c(C(F)(F)F)c2)C(=S)N1c1ccc2c(c1)SCC(C1(O)CC1)O2. The number of ether oxygens (including phenoxy) is 1. The Kier molecular flexibility index (Phi) is 5.36. The predicted octanol–water partition coefficient (Wildman–Crippen LogP) is 4.87. The van der Waals surface area contributed by atoms with Crippen molar-refractivity contribution < 1.29 is 27.8 Å². The van der Waals surface area contributed by atoms with E-state index in [0.29, 0.717) is 30.0 Å². The van der Waals surface area contributed by atoms with Crippen LogP contribution >= 0.6 is 24.0 Å². The largest absolute Gasteiger partial charge is 0.485 e. The number of benzene rings is 2. The maximum Gasteiger partial charge on any atom is 0.417 e. The van der Waals surface area contributed by atoms with Crippen LogP contribution in [-0.2, 0) is 11.0 Å². The highest BCUT2D eigenvalue weighted by Crippen LogP contribution is 2.48. The quantitative estimate of drug-likeness (QED) is 0.580. The monoisotopic (exact) mass is 519 g/mol. The van der Waals surface area contributed by atoms with Gasteiger partial charge in [-0.3, -0.25) is 9.69 Å². The molecule has 0 spiro atoms. The maximum atomic E-state index is 13.5. The minimum atomic E-state index is -4.76. The summed E-state index contributed by atoms with van der Waals surface area (Å²) >= 11 is 7.13. The van der Waals surface area contributed by atoms with Gasteiger partial charge in [-0.1, -0.05) is 0 Å². The number of carbonyl (C=O) groups excluding carboxylic acids is 1. The molecule has 3 aliphatic rings. The highest BCUT2D eigenvalue weighted by Gasteiger charge is 2.52. The van der Waals surface area contributed by atoms with Crippen LogP contribution in [0.25, 0.3) is 0 Å². The smallest absolute Gasteiger partial charge is 0.417 e. The Morgan fingerprint density at radius 1 is 1.20 bits per heavy atom. The first kappa shape index (κ1) is 23.9. The number of hydrogen-bond donors (Lipinski definition) is 1. The second-order valence-electron chi connectivity index (χ2n) is 9.31. The first-order valence-electron chi connectivity index (χ1n) is 10.8. The van der Waals surface area contributed by atoms with Crippen LogP contribution in [0, 0.1) is 11.3 Å². The van der Waals surface area contributed by atoms with Crippen LogP contribution in [0.3, 0.4) is 0 Å². The zero-order chi connectivity index (χ0) is 25.3. The topological polar surface area (TPSA) is 76.8 Å². The molecule has 1 N–H and O–H groups in total. The van der Waals surface area contributed by atoms with Crippen LogP contribution in [0.1, 0.15) is 37.8 Å². The van der Waals surface area contributed by atoms with E-state index in [0.717, 1.165) is 21.9 Å². The number of fused-ring (bicyclic) bond motifs is 1. The lowest BCUT2D eigenvalue weighted by Gasteiger charge is -2.32. The summed E-state index contributed by atoms with van der Waals surface area (Å²) in [6.07, 6.45) is -3.62. The molecule has 1 unspecified atom stereocenters. The van der Waals surface area contributed by atoms with E-state index in [1.165, 1.54) is 17.8 Å². The minimum absolute atomic E-state index is 0.0321. The first-order chi connectivity index (χ1) is 16.4. The maximum absolute atomic E-state index is 13.5. The number of thiocarbonyl (C=S) groups is 1. The first-order valence-corrected chi connectivity index (χ1v) is 12.2. The molecule has 0 bridgehead atoms.